The third-order valence-electron chi connectivity index (χ3n) is 5.44. The summed E-state index contributed by atoms with van der Waals surface area (Å²) >= 11 is 11.8. The molecule has 0 aliphatic carbocycles. The van der Waals surface area contributed by atoms with Crippen LogP contribution in [0.15, 0.2) is 97.1 Å². The first-order valence-corrected chi connectivity index (χ1v) is 12.0. The zero-order chi connectivity index (χ0) is 24.9. The second kappa shape index (κ2) is 10.6. The summed E-state index contributed by atoms with van der Waals surface area (Å²) in [5, 5.41) is 6.46. The van der Waals surface area contributed by atoms with Crippen LogP contribution in [0.5, 0.6) is 5.75 Å². The highest BCUT2D eigenvalue weighted by atomic mass is 35.5. The van der Waals surface area contributed by atoms with Crippen LogP contribution in [0, 0.1) is 0 Å². The molecule has 0 bridgehead atoms. The highest BCUT2D eigenvalue weighted by molar-refractivity contribution is 7.80. The fourth-order valence-corrected chi connectivity index (χ4v) is 4.09. The molecule has 0 aliphatic rings. The summed E-state index contributed by atoms with van der Waals surface area (Å²) in [5.74, 6) is 0.898. The van der Waals surface area contributed by atoms with E-state index in [1.807, 2.05) is 66.7 Å². The molecule has 1 aromatic heterocycles. The number of hydrogen-bond donors (Lipinski definition) is 3. The molecular weight excluding hydrogens is 492 g/mol. The van der Waals surface area contributed by atoms with Crippen molar-refractivity contribution in [3.8, 4) is 17.1 Å². The second-order valence-corrected chi connectivity index (χ2v) is 8.82. The van der Waals surface area contributed by atoms with Gasteiger partial charge in [0.2, 0.25) is 0 Å². The number of halogens is 1. The number of rotatable bonds is 6. The maximum atomic E-state index is 12.8. The SMILES string of the molecule is O=C(NC(=S)Nc1ccc(Cl)c(-c2nc3ccccc3[nH]2)c1)c1cccc(OCc2ccccc2)c1. The smallest absolute Gasteiger partial charge is 0.257 e. The number of fused-ring (bicyclic) bond motifs is 1. The number of amides is 1. The third kappa shape index (κ3) is 5.54. The lowest BCUT2D eigenvalue weighted by Crippen LogP contribution is -2.34. The fraction of sp³-hybridized carbons (Fsp3) is 0.0357. The molecule has 0 spiro atoms. The Morgan fingerprint density at radius 3 is 2.58 bits per heavy atom. The van der Waals surface area contributed by atoms with E-state index in [1.54, 1.807) is 30.3 Å². The van der Waals surface area contributed by atoms with Gasteiger partial charge in [-0.1, -0.05) is 60.1 Å². The van der Waals surface area contributed by atoms with Crippen LogP contribution in [0.3, 0.4) is 0 Å². The molecule has 0 saturated heterocycles. The fourth-order valence-electron chi connectivity index (χ4n) is 3.67. The highest BCUT2D eigenvalue weighted by Gasteiger charge is 2.13. The molecule has 0 radical (unpaired) electrons. The minimum atomic E-state index is -0.343. The van der Waals surface area contributed by atoms with Gasteiger partial charge in [-0.2, -0.15) is 0 Å². The Kier molecular flexibility index (Phi) is 6.93. The molecule has 5 aromatic rings. The van der Waals surface area contributed by atoms with Gasteiger partial charge in [-0.3, -0.25) is 10.1 Å². The van der Waals surface area contributed by atoms with Gasteiger partial charge in [0.05, 0.1) is 16.1 Å². The molecule has 5 rings (SSSR count). The van der Waals surface area contributed by atoms with E-state index < -0.39 is 0 Å². The number of nitrogens with zero attached hydrogens (tertiary/aromatic N) is 1. The van der Waals surface area contributed by atoms with Crippen molar-refractivity contribution >= 4 is 51.6 Å². The van der Waals surface area contributed by atoms with Crippen LogP contribution >= 0.6 is 23.8 Å². The zero-order valence-electron chi connectivity index (χ0n) is 19.0. The predicted molar refractivity (Wildman–Crippen MR) is 147 cm³/mol. The highest BCUT2D eigenvalue weighted by Crippen LogP contribution is 2.30. The predicted octanol–water partition coefficient (Wildman–Crippen LogP) is 6.59. The number of nitrogens with one attached hydrogen (secondary N) is 3. The summed E-state index contributed by atoms with van der Waals surface area (Å²) in [6, 6.07) is 29.9. The van der Waals surface area contributed by atoms with Crippen molar-refractivity contribution < 1.29 is 9.53 Å². The molecule has 0 saturated carbocycles. The Balaban J connectivity index is 1.24. The van der Waals surface area contributed by atoms with Gasteiger partial charge in [0, 0.05) is 16.8 Å². The van der Waals surface area contributed by atoms with Gasteiger partial charge >= 0.3 is 0 Å². The standard InChI is InChI=1S/C28H21ClN4O2S/c29-23-14-13-20(16-22(23)26-31-24-11-4-5-12-25(24)32-26)30-28(36)33-27(34)19-9-6-10-21(15-19)35-17-18-7-2-1-3-8-18/h1-16H,17H2,(H,31,32)(H2,30,33,34,36). The summed E-state index contributed by atoms with van der Waals surface area (Å²) in [5.41, 5.74) is 4.63. The normalized spacial score (nSPS) is 10.7. The van der Waals surface area contributed by atoms with Crippen molar-refractivity contribution in [3.05, 3.63) is 113 Å². The average Bonchev–Trinajstić information content (AvgIpc) is 3.33. The molecule has 0 fully saturated rings. The summed E-state index contributed by atoms with van der Waals surface area (Å²) in [6.07, 6.45) is 0. The number of H-pyrrole nitrogens is 1. The van der Waals surface area contributed by atoms with Crippen molar-refractivity contribution in [1.29, 1.82) is 0 Å². The summed E-state index contributed by atoms with van der Waals surface area (Å²) in [7, 11) is 0. The molecule has 0 atom stereocenters. The largest absolute Gasteiger partial charge is 0.489 e. The summed E-state index contributed by atoms with van der Waals surface area (Å²) in [6.45, 7) is 0.413. The van der Waals surface area contributed by atoms with E-state index in [0.29, 0.717) is 34.5 Å². The first-order chi connectivity index (χ1) is 17.5. The van der Waals surface area contributed by atoms with Crippen molar-refractivity contribution in [3.63, 3.8) is 0 Å². The number of para-hydroxylation sites is 2. The molecule has 1 amide bonds. The second-order valence-electron chi connectivity index (χ2n) is 8.01. The number of aromatic amines is 1. The van der Waals surface area contributed by atoms with Gasteiger partial charge in [0.1, 0.15) is 18.2 Å². The maximum absolute atomic E-state index is 12.8. The quantitative estimate of drug-likeness (QED) is 0.224. The Labute approximate surface area is 218 Å². The van der Waals surface area contributed by atoms with E-state index in [0.717, 1.165) is 22.2 Å². The van der Waals surface area contributed by atoms with Crippen molar-refractivity contribution in [2.45, 2.75) is 6.61 Å². The van der Waals surface area contributed by atoms with Crippen molar-refractivity contribution in [1.82, 2.24) is 15.3 Å². The van der Waals surface area contributed by atoms with Gasteiger partial charge < -0.3 is 15.0 Å². The number of carbonyl (C=O) groups is 1. The number of hydrogen-bond acceptors (Lipinski definition) is 4. The Morgan fingerprint density at radius 2 is 1.75 bits per heavy atom. The van der Waals surface area contributed by atoms with Crippen molar-refractivity contribution in [2.75, 3.05) is 5.32 Å². The lowest BCUT2D eigenvalue weighted by molar-refractivity contribution is 0.0977. The van der Waals surface area contributed by atoms with Gasteiger partial charge in [0.25, 0.3) is 5.91 Å². The zero-order valence-corrected chi connectivity index (χ0v) is 20.6. The van der Waals surface area contributed by atoms with Gasteiger partial charge in [-0.05, 0) is 66.3 Å². The first kappa shape index (κ1) is 23.5. The Bertz CT molecular complexity index is 1520. The number of imidazole rings is 1. The molecule has 36 heavy (non-hydrogen) atoms. The van der Waals surface area contributed by atoms with Crippen LogP contribution in [-0.2, 0) is 6.61 Å². The van der Waals surface area contributed by atoms with Gasteiger partial charge in [-0.25, -0.2) is 4.98 Å². The Morgan fingerprint density at radius 1 is 0.944 bits per heavy atom. The van der Waals surface area contributed by atoms with Crippen molar-refractivity contribution in [2.24, 2.45) is 0 Å². The molecule has 4 aromatic carbocycles. The number of ether oxygens (including phenoxy) is 1. The number of aromatic nitrogens is 2. The number of anilines is 1. The van der Waals surface area contributed by atoms with Crippen LogP contribution in [0.2, 0.25) is 5.02 Å². The number of thiocarbonyl (C=S) groups is 1. The van der Waals surface area contributed by atoms with Crippen LogP contribution in [0.1, 0.15) is 15.9 Å². The average molecular weight is 513 g/mol. The first-order valence-electron chi connectivity index (χ1n) is 11.2. The minimum absolute atomic E-state index is 0.161. The van der Waals surface area contributed by atoms with E-state index in [9.17, 15) is 4.79 Å². The molecule has 6 nitrogen and oxygen atoms in total. The molecule has 3 N–H and O–H groups in total. The van der Waals surface area contributed by atoms with E-state index in [-0.39, 0.29) is 11.0 Å². The van der Waals surface area contributed by atoms with Crippen LogP contribution in [0.4, 0.5) is 5.69 Å². The third-order valence-corrected chi connectivity index (χ3v) is 5.97. The molecule has 8 heteroatoms. The number of carbonyl (C=O) groups excluding carboxylic acids is 1. The molecular formula is C28H21ClN4O2S. The Hall–Kier alpha value is -4.20. The van der Waals surface area contributed by atoms with Gasteiger partial charge in [0.15, 0.2) is 5.11 Å². The molecule has 0 aliphatic heterocycles. The minimum Gasteiger partial charge on any atom is -0.489 e. The monoisotopic (exact) mass is 512 g/mol. The topological polar surface area (TPSA) is 79.0 Å². The summed E-state index contributed by atoms with van der Waals surface area (Å²) < 4.78 is 5.82. The molecule has 1 heterocycles. The lowest BCUT2D eigenvalue weighted by Gasteiger charge is -2.12. The van der Waals surface area contributed by atoms with E-state index in [2.05, 4.69) is 20.6 Å². The van der Waals surface area contributed by atoms with Crippen LogP contribution in [0.25, 0.3) is 22.4 Å². The lowest BCUT2D eigenvalue weighted by atomic mass is 10.2. The summed E-state index contributed by atoms with van der Waals surface area (Å²) in [4.78, 5) is 20.7. The van der Waals surface area contributed by atoms with Crippen LogP contribution < -0.4 is 15.4 Å². The maximum Gasteiger partial charge on any atom is 0.257 e. The van der Waals surface area contributed by atoms with Gasteiger partial charge in [-0.15, -0.1) is 0 Å². The van der Waals surface area contributed by atoms with E-state index >= 15 is 0 Å². The van der Waals surface area contributed by atoms with E-state index in [4.69, 9.17) is 28.6 Å². The molecule has 178 valence electrons. The van der Waals surface area contributed by atoms with E-state index in [1.165, 1.54) is 0 Å². The molecule has 0 unspecified atom stereocenters. The van der Waals surface area contributed by atoms with Crippen LogP contribution in [-0.4, -0.2) is 21.0 Å². The number of benzene rings is 4.